The molecule has 1 aliphatic rings. The molecule has 0 amide bonds. The standard InChI is InChI=1S/C7H8O2/c1-9-7-4-2-6(8)3-5-7/h4-5,8H,2H2,1H3. The Balaban J connectivity index is 2.75. The topological polar surface area (TPSA) is 29.5 Å². The van der Waals surface area contributed by atoms with Gasteiger partial charge in [-0.2, -0.15) is 0 Å². The van der Waals surface area contributed by atoms with Crippen LogP contribution in [0.4, 0.5) is 0 Å². The zero-order valence-electron chi connectivity index (χ0n) is 5.22. The lowest BCUT2D eigenvalue weighted by Crippen LogP contribution is -1.87. The smallest absolute Gasteiger partial charge is 0.139 e. The van der Waals surface area contributed by atoms with Crippen LogP contribution in [0.15, 0.2) is 29.4 Å². The van der Waals surface area contributed by atoms with Crippen LogP contribution < -0.4 is 0 Å². The van der Waals surface area contributed by atoms with Crippen molar-refractivity contribution in [2.75, 3.05) is 7.11 Å². The average Bonchev–Trinajstić information content (AvgIpc) is 1.90. The van der Waals surface area contributed by atoms with Crippen molar-refractivity contribution < 1.29 is 9.84 Å². The van der Waals surface area contributed by atoms with E-state index >= 15 is 0 Å². The van der Waals surface area contributed by atoms with Crippen molar-refractivity contribution in [2.24, 2.45) is 0 Å². The number of rotatable bonds is 1. The molecule has 0 spiro atoms. The van der Waals surface area contributed by atoms with Crippen molar-refractivity contribution in [2.45, 2.75) is 6.42 Å². The van der Waals surface area contributed by atoms with E-state index in [1.807, 2.05) is 0 Å². The molecule has 0 saturated heterocycles. The number of hydrogen-bond acceptors (Lipinski definition) is 2. The highest BCUT2D eigenvalue weighted by molar-refractivity contribution is 5.19. The summed E-state index contributed by atoms with van der Waals surface area (Å²) in [5.41, 5.74) is 2.64. The van der Waals surface area contributed by atoms with Crippen LogP contribution in [0.1, 0.15) is 6.42 Å². The molecule has 0 aliphatic heterocycles. The molecule has 0 aromatic rings. The normalized spacial score (nSPS) is 16.6. The number of aliphatic hydroxyl groups excluding tert-OH is 1. The zero-order chi connectivity index (χ0) is 6.69. The lowest BCUT2D eigenvalue weighted by atomic mass is 10.2. The summed E-state index contributed by atoms with van der Waals surface area (Å²) in [6, 6.07) is 0. The van der Waals surface area contributed by atoms with E-state index in [1.54, 1.807) is 19.3 Å². The number of methoxy groups -OCH3 is 1. The summed E-state index contributed by atoms with van der Waals surface area (Å²) in [7, 11) is 1.59. The third-order valence-corrected chi connectivity index (χ3v) is 1.11. The summed E-state index contributed by atoms with van der Waals surface area (Å²) in [5, 5.41) is 8.80. The fraction of sp³-hybridized carbons (Fsp3) is 0.286. The van der Waals surface area contributed by atoms with Crippen LogP contribution in [-0.2, 0) is 4.74 Å². The molecule has 2 heteroatoms. The van der Waals surface area contributed by atoms with Crippen molar-refractivity contribution in [3.63, 3.8) is 0 Å². The second-order valence-corrected chi connectivity index (χ2v) is 1.75. The Hall–Kier alpha value is -1.14. The van der Waals surface area contributed by atoms with Crippen LogP contribution in [0.5, 0.6) is 0 Å². The first-order chi connectivity index (χ1) is 4.33. The van der Waals surface area contributed by atoms with Gasteiger partial charge in [-0.15, -0.1) is 0 Å². The van der Waals surface area contributed by atoms with Crippen LogP contribution in [0, 0.1) is 0 Å². The van der Waals surface area contributed by atoms with Crippen LogP contribution in [-0.4, -0.2) is 12.2 Å². The molecule has 0 aromatic carbocycles. The third kappa shape index (κ3) is 1.37. The lowest BCUT2D eigenvalue weighted by molar-refractivity contribution is 0.301. The number of allylic oxidation sites excluding steroid dienone is 1. The van der Waals surface area contributed by atoms with E-state index in [0.29, 0.717) is 6.42 Å². The molecule has 0 atom stereocenters. The molecule has 0 fully saturated rings. The Morgan fingerprint density at radius 3 is 3.00 bits per heavy atom. The summed E-state index contributed by atoms with van der Waals surface area (Å²) in [6.07, 6.45) is 3.93. The van der Waals surface area contributed by atoms with Crippen LogP contribution in [0.2, 0.25) is 0 Å². The average molecular weight is 124 g/mol. The molecule has 1 aliphatic carbocycles. The molecular formula is C7H8O2. The van der Waals surface area contributed by atoms with E-state index in [9.17, 15) is 0 Å². The minimum Gasteiger partial charge on any atom is -0.504 e. The summed E-state index contributed by atoms with van der Waals surface area (Å²) < 4.78 is 4.86. The first-order valence-electron chi connectivity index (χ1n) is 2.71. The minimum atomic E-state index is 0.260. The van der Waals surface area contributed by atoms with Gasteiger partial charge in [0.05, 0.1) is 7.11 Å². The molecule has 1 N–H and O–H groups in total. The quantitative estimate of drug-likeness (QED) is 0.537. The number of ether oxygens (including phenoxy) is 1. The summed E-state index contributed by atoms with van der Waals surface area (Å²) in [5.74, 6) is 1.02. The zero-order valence-corrected chi connectivity index (χ0v) is 5.22. The van der Waals surface area contributed by atoms with Gasteiger partial charge in [0.15, 0.2) is 0 Å². The molecule has 0 saturated carbocycles. The van der Waals surface area contributed by atoms with E-state index in [1.165, 1.54) is 0 Å². The van der Waals surface area contributed by atoms with Crippen LogP contribution in [0.3, 0.4) is 0 Å². The second kappa shape index (κ2) is 2.42. The summed E-state index contributed by atoms with van der Waals surface area (Å²) in [6.45, 7) is 0. The van der Waals surface area contributed by atoms with Gasteiger partial charge < -0.3 is 9.84 Å². The van der Waals surface area contributed by atoms with E-state index in [-0.39, 0.29) is 5.76 Å². The predicted octanol–water partition coefficient (Wildman–Crippen LogP) is 1.52. The van der Waals surface area contributed by atoms with Crippen molar-refractivity contribution in [1.82, 2.24) is 0 Å². The van der Waals surface area contributed by atoms with Gasteiger partial charge in [-0.05, 0) is 6.08 Å². The first-order valence-corrected chi connectivity index (χ1v) is 2.71. The molecule has 9 heavy (non-hydrogen) atoms. The minimum absolute atomic E-state index is 0.260. The monoisotopic (exact) mass is 124 g/mol. The Kier molecular flexibility index (Phi) is 1.61. The molecule has 48 valence electrons. The highest BCUT2D eigenvalue weighted by Crippen LogP contribution is 2.08. The maximum absolute atomic E-state index is 8.80. The van der Waals surface area contributed by atoms with Crippen molar-refractivity contribution in [1.29, 1.82) is 0 Å². The number of hydrogen-bond donors (Lipinski definition) is 1. The summed E-state index contributed by atoms with van der Waals surface area (Å²) in [4.78, 5) is 0. The first kappa shape index (κ1) is 5.99. The lowest BCUT2D eigenvalue weighted by Gasteiger charge is -2.01. The Morgan fingerprint density at radius 2 is 2.56 bits per heavy atom. The molecule has 1 rings (SSSR count). The molecule has 2 nitrogen and oxygen atoms in total. The SMILES string of the molecule is COC1=CCC(O)=C=C1. The van der Waals surface area contributed by atoms with Crippen molar-refractivity contribution >= 4 is 0 Å². The summed E-state index contributed by atoms with van der Waals surface area (Å²) >= 11 is 0. The van der Waals surface area contributed by atoms with Crippen LogP contribution in [0.25, 0.3) is 0 Å². The van der Waals surface area contributed by atoms with Crippen molar-refractivity contribution in [3.8, 4) is 0 Å². The fourth-order valence-electron chi connectivity index (χ4n) is 0.612. The van der Waals surface area contributed by atoms with Gasteiger partial charge in [-0.1, -0.05) is 5.73 Å². The van der Waals surface area contributed by atoms with E-state index in [4.69, 9.17) is 9.84 Å². The van der Waals surface area contributed by atoms with Gasteiger partial charge in [-0.3, -0.25) is 0 Å². The molecule has 0 radical (unpaired) electrons. The molecule has 0 heterocycles. The van der Waals surface area contributed by atoms with E-state index in [0.717, 1.165) is 5.76 Å². The van der Waals surface area contributed by atoms with Gasteiger partial charge in [0.2, 0.25) is 0 Å². The highest BCUT2D eigenvalue weighted by atomic mass is 16.5. The Bertz CT molecular complexity index is 195. The van der Waals surface area contributed by atoms with Crippen molar-refractivity contribution in [3.05, 3.63) is 29.4 Å². The van der Waals surface area contributed by atoms with Crippen LogP contribution >= 0.6 is 0 Å². The highest BCUT2D eigenvalue weighted by Gasteiger charge is 1.96. The van der Waals surface area contributed by atoms with Gasteiger partial charge >= 0.3 is 0 Å². The van der Waals surface area contributed by atoms with Gasteiger partial charge in [0.25, 0.3) is 0 Å². The Labute approximate surface area is 53.8 Å². The van der Waals surface area contributed by atoms with Gasteiger partial charge in [0.1, 0.15) is 11.5 Å². The largest absolute Gasteiger partial charge is 0.504 e. The molecule has 0 aromatic heterocycles. The molecule has 0 bridgehead atoms. The number of aliphatic hydroxyl groups is 1. The van der Waals surface area contributed by atoms with E-state index in [2.05, 4.69) is 5.73 Å². The molecule has 0 unspecified atom stereocenters. The predicted molar refractivity (Wildman–Crippen MR) is 33.9 cm³/mol. The van der Waals surface area contributed by atoms with Gasteiger partial charge in [0, 0.05) is 12.5 Å². The van der Waals surface area contributed by atoms with E-state index < -0.39 is 0 Å². The maximum atomic E-state index is 8.80. The second-order valence-electron chi connectivity index (χ2n) is 1.75. The van der Waals surface area contributed by atoms with Gasteiger partial charge in [-0.25, -0.2) is 0 Å². The maximum Gasteiger partial charge on any atom is 0.139 e. The molecular weight excluding hydrogens is 116 g/mol. The third-order valence-electron chi connectivity index (χ3n) is 1.11. The fourth-order valence-corrected chi connectivity index (χ4v) is 0.612. The Morgan fingerprint density at radius 1 is 1.78 bits per heavy atom.